The number of nitrogens with zero attached hydrogens (tertiary/aromatic N) is 2. The van der Waals surface area contributed by atoms with Crippen LogP contribution >= 0.6 is 0 Å². The number of carbonyl (C=O) groups is 2. The molecule has 25 heavy (non-hydrogen) atoms. The highest BCUT2D eigenvalue weighted by molar-refractivity contribution is 5.93. The summed E-state index contributed by atoms with van der Waals surface area (Å²) in [4.78, 5) is 27.1. The van der Waals surface area contributed by atoms with E-state index in [2.05, 4.69) is 4.90 Å². The number of carboxylic acids is 1. The average Bonchev–Trinajstić information content (AvgIpc) is 2.63. The number of benzene rings is 2. The van der Waals surface area contributed by atoms with Gasteiger partial charge in [-0.05, 0) is 29.8 Å². The van der Waals surface area contributed by atoms with E-state index in [1.807, 2.05) is 47.4 Å². The van der Waals surface area contributed by atoms with Crippen LogP contribution in [-0.4, -0.2) is 48.1 Å². The van der Waals surface area contributed by atoms with Gasteiger partial charge in [-0.2, -0.15) is 0 Å². The van der Waals surface area contributed by atoms with Gasteiger partial charge in [-0.25, -0.2) is 0 Å². The largest absolute Gasteiger partial charge is 0.480 e. The minimum absolute atomic E-state index is 0.441. The molecule has 1 unspecified atom stereocenters. The number of anilines is 1. The van der Waals surface area contributed by atoms with Gasteiger partial charge in [0, 0.05) is 37.4 Å². The Bertz CT molecular complexity index is 738. The normalized spacial score (nSPS) is 16.4. The molecule has 3 N–H and O–H groups in total. The predicted molar refractivity (Wildman–Crippen MR) is 95.6 cm³/mol. The zero-order valence-electron chi connectivity index (χ0n) is 13.8. The first-order valence-corrected chi connectivity index (χ1v) is 8.23. The lowest BCUT2D eigenvalue weighted by Gasteiger charge is -2.39. The summed E-state index contributed by atoms with van der Waals surface area (Å²) >= 11 is 0. The van der Waals surface area contributed by atoms with Crippen molar-refractivity contribution in [1.82, 2.24) is 4.90 Å². The first-order valence-electron chi connectivity index (χ1n) is 8.23. The molecule has 0 radical (unpaired) electrons. The zero-order chi connectivity index (χ0) is 17.8. The summed E-state index contributed by atoms with van der Waals surface area (Å²) in [5.41, 5.74) is 7.56. The molecule has 1 heterocycles. The molecular formula is C19H21N3O3. The minimum Gasteiger partial charge on any atom is -0.480 e. The molecule has 2 aromatic rings. The number of rotatable bonds is 5. The number of carboxylic acid groups (broad SMARTS) is 1. The molecule has 0 spiro atoms. The molecule has 1 atom stereocenters. The topological polar surface area (TPSA) is 86.9 Å². The molecule has 1 aliphatic heterocycles. The monoisotopic (exact) mass is 339 g/mol. The number of piperazine rings is 1. The van der Waals surface area contributed by atoms with Crippen LogP contribution < -0.4 is 10.6 Å². The Balaban J connectivity index is 1.68. The maximum atomic E-state index is 11.8. The standard InChI is InChI=1S/C19H21N3O3/c20-18(23)15-6-8-16(9-7-15)21-10-12-22(13-11-21)17(19(24)25)14-4-2-1-3-5-14/h1-9,17H,10-13H2,(H2,20,23)(H,24,25). The van der Waals surface area contributed by atoms with E-state index in [1.54, 1.807) is 12.1 Å². The van der Waals surface area contributed by atoms with Crippen LogP contribution in [-0.2, 0) is 4.79 Å². The molecule has 1 aliphatic rings. The Morgan fingerprint density at radius 1 is 0.920 bits per heavy atom. The zero-order valence-corrected chi connectivity index (χ0v) is 13.8. The van der Waals surface area contributed by atoms with Gasteiger partial charge >= 0.3 is 5.97 Å². The van der Waals surface area contributed by atoms with Crippen molar-refractivity contribution >= 4 is 17.6 Å². The van der Waals surface area contributed by atoms with E-state index in [0.29, 0.717) is 18.7 Å². The molecule has 2 aromatic carbocycles. The number of hydrogen-bond donors (Lipinski definition) is 2. The van der Waals surface area contributed by atoms with Crippen LogP contribution in [0, 0.1) is 0 Å². The van der Waals surface area contributed by atoms with Gasteiger partial charge in [0.1, 0.15) is 6.04 Å². The van der Waals surface area contributed by atoms with Gasteiger partial charge in [-0.1, -0.05) is 30.3 Å². The van der Waals surface area contributed by atoms with Crippen LogP contribution in [0.3, 0.4) is 0 Å². The Morgan fingerprint density at radius 2 is 1.52 bits per heavy atom. The number of amides is 1. The highest BCUT2D eigenvalue weighted by atomic mass is 16.4. The van der Waals surface area contributed by atoms with Gasteiger partial charge in [0.15, 0.2) is 0 Å². The second-order valence-electron chi connectivity index (χ2n) is 6.09. The number of carbonyl (C=O) groups excluding carboxylic acids is 1. The SMILES string of the molecule is NC(=O)c1ccc(N2CCN(C(C(=O)O)c3ccccc3)CC2)cc1. The number of nitrogens with two attached hydrogens (primary N) is 1. The third kappa shape index (κ3) is 3.80. The minimum atomic E-state index is -0.828. The van der Waals surface area contributed by atoms with Crippen molar-refractivity contribution in [3.8, 4) is 0 Å². The Hall–Kier alpha value is -2.86. The van der Waals surface area contributed by atoms with Crippen molar-refractivity contribution in [2.75, 3.05) is 31.1 Å². The number of hydrogen-bond acceptors (Lipinski definition) is 4. The van der Waals surface area contributed by atoms with Gasteiger partial charge in [0.05, 0.1) is 0 Å². The summed E-state index contributed by atoms with van der Waals surface area (Å²) in [6.45, 7) is 2.77. The first kappa shape index (κ1) is 17.0. The van der Waals surface area contributed by atoms with E-state index in [-0.39, 0.29) is 0 Å². The van der Waals surface area contributed by atoms with Crippen molar-refractivity contribution in [2.45, 2.75) is 6.04 Å². The average molecular weight is 339 g/mol. The summed E-state index contributed by atoms with van der Waals surface area (Å²) in [7, 11) is 0. The summed E-state index contributed by atoms with van der Waals surface area (Å²) in [5, 5.41) is 9.65. The van der Waals surface area contributed by atoms with Gasteiger partial charge in [-0.3, -0.25) is 14.5 Å². The third-order valence-electron chi connectivity index (χ3n) is 4.55. The van der Waals surface area contributed by atoms with Crippen LogP contribution in [0.5, 0.6) is 0 Å². The third-order valence-corrected chi connectivity index (χ3v) is 4.55. The molecule has 1 amide bonds. The van der Waals surface area contributed by atoms with Crippen LogP contribution in [0.2, 0.25) is 0 Å². The molecule has 0 saturated carbocycles. The van der Waals surface area contributed by atoms with Crippen molar-refractivity contribution in [3.05, 3.63) is 65.7 Å². The van der Waals surface area contributed by atoms with E-state index in [4.69, 9.17) is 5.73 Å². The number of primary amides is 1. The highest BCUT2D eigenvalue weighted by Crippen LogP contribution is 2.24. The number of aliphatic carboxylic acids is 1. The lowest BCUT2D eigenvalue weighted by Crippen LogP contribution is -2.49. The Labute approximate surface area is 146 Å². The van der Waals surface area contributed by atoms with E-state index >= 15 is 0 Å². The molecule has 0 aromatic heterocycles. The molecule has 1 fully saturated rings. The maximum Gasteiger partial charge on any atom is 0.325 e. The molecule has 0 aliphatic carbocycles. The molecule has 0 bridgehead atoms. The molecule has 1 saturated heterocycles. The second kappa shape index (κ2) is 7.36. The first-order chi connectivity index (χ1) is 12.1. The van der Waals surface area contributed by atoms with Gasteiger partial charge < -0.3 is 15.7 Å². The van der Waals surface area contributed by atoms with Crippen molar-refractivity contribution in [1.29, 1.82) is 0 Å². The van der Waals surface area contributed by atoms with Crippen LogP contribution in [0.1, 0.15) is 22.0 Å². The van der Waals surface area contributed by atoms with E-state index in [1.165, 1.54) is 0 Å². The van der Waals surface area contributed by atoms with Crippen molar-refractivity contribution in [2.24, 2.45) is 5.73 Å². The fourth-order valence-corrected chi connectivity index (χ4v) is 3.22. The summed E-state index contributed by atoms with van der Waals surface area (Å²) in [5.74, 6) is -1.27. The van der Waals surface area contributed by atoms with Crippen LogP contribution in [0.4, 0.5) is 5.69 Å². The van der Waals surface area contributed by atoms with Crippen molar-refractivity contribution < 1.29 is 14.7 Å². The quantitative estimate of drug-likeness (QED) is 0.866. The van der Waals surface area contributed by atoms with E-state index in [9.17, 15) is 14.7 Å². The summed E-state index contributed by atoms with van der Waals surface area (Å²) < 4.78 is 0. The molecular weight excluding hydrogens is 318 g/mol. The van der Waals surface area contributed by atoms with Gasteiger partial charge in [-0.15, -0.1) is 0 Å². The highest BCUT2D eigenvalue weighted by Gasteiger charge is 2.30. The molecule has 3 rings (SSSR count). The lowest BCUT2D eigenvalue weighted by molar-refractivity contribution is -0.143. The second-order valence-corrected chi connectivity index (χ2v) is 6.09. The molecule has 6 nitrogen and oxygen atoms in total. The van der Waals surface area contributed by atoms with Crippen LogP contribution in [0.25, 0.3) is 0 Å². The van der Waals surface area contributed by atoms with E-state index < -0.39 is 17.9 Å². The fourth-order valence-electron chi connectivity index (χ4n) is 3.22. The molecule has 6 heteroatoms. The predicted octanol–water partition coefficient (Wildman–Crippen LogP) is 1.73. The Kier molecular flexibility index (Phi) is 5.00. The summed E-state index contributed by atoms with van der Waals surface area (Å²) in [6.07, 6.45) is 0. The summed E-state index contributed by atoms with van der Waals surface area (Å²) in [6, 6.07) is 15.9. The maximum absolute atomic E-state index is 11.8. The Morgan fingerprint density at radius 3 is 2.04 bits per heavy atom. The smallest absolute Gasteiger partial charge is 0.325 e. The van der Waals surface area contributed by atoms with Crippen molar-refractivity contribution in [3.63, 3.8) is 0 Å². The van der Waals surface area contributed by atoms with Gasteiger partial charge in [0.2, 0.25) is 5.91 Å². The molecule has 130 valence electrons. The fraction of sp³-hybridized carbons (Fsp3) is 0.263. The van der Waals surface area contributed by atoms with Gasteiger partial charge in [0.25, 0.3) is 0 Å². The van der Waals surface area contributed by atoms with Crippen LogP contribution in [0.15, 0.2) is 54.6 Å². The van der Waals surface area contributed by atoms with E-state index in [0.717, 1.165) is 24.3 Å². The lowest BCUT2D eigenvalue weighted by atomic mass is 10.0.